The van der Waals surface area contributed by atoms with Gasteiger partial charge in [-0.3, -0.25) is 4.79 Å². The Morgan fingerprint density at radius 1 is 1.59 bits per heavy atom. The topological polar surface area (TPSA) is 26.3 Å². The zero-order valence-electron chi connectivity index (χ0n) is 9.58. The molecule has 2 nitrogen and oxygen atoms in total. The first-order valence-corrected chi connectivity index (χ1v) is 6.04. The Morgan fingerprint density at radius 3 is 3.00 bits per heavy atom. The molecule has 1 aliphatic rings. The number of ether oxygens (including phenoxy) is 1. The molecule has 1 heterocycles. The second-order valence-electron chi connectivity index (χ2n) is 4.41. The molecule has 1 aromatic carbocycles. The van der Waals surface area contributed by atoms with Crippen molar-refractivity contribution in [2.45, 2.75) is 25.9 Å². The molecule has 2 rings (SSSR count). The van der Waals surface area contributed by atoms with Crippen LogP contribution in [0.2, 0.25) is 5.02 Å². The minimum absolute atomic E-state index is 0.0431. The average molecular weight is 257 g/mol. The number of hydrogen-bond donors (Lipinski definition) is 0. The monoisotopic (exact) mass is 256 g/mol. The fourth-order valence-corrected chi connectivity index (χ4v) is 2.27. The first-order valence-electron chi connectivity index (χ1n) is 5.67. The van der Waals surface area contributed by atoms with Gasteiger partial charge in [-0.2, -0.15) is 0 Å². The van der Waals surface area contributed by atoms with Crippen LogP contribution in [0.15, 0.2) is 18.2 Å². The third kappa shape index (κ3) is 2.67. The van der Waals surface area contributed by atoms with Crippen LogP contribution in [0.1, 0.15) is 18.9 Å². The SMILES string of the molecule is CC1CCOC1C(=O)Cc1cccc(Cl)c1F. The Labute approximate surface area is 105 Å². The summed E-state index contributed by atoms with van der Waals surface area (Å²) in [7, 11) is 0. The van der Waals surface area contributed by atoms with Crippen LogP contribution in [0, 0.1) is 11.7 Å². The van der Waals surface area contributed by atoms with E-state index in [0.29, 0.717) is 12.2 Å². The van der Waals surface area contributed by atoms with Gasteiger partial charge in [0.2, 0.25) is 0 Å². The number of benzene rings is 1. The molecular weight excluding hydrogens is 243 g/mol. The van der Waals surface area contributed by atoms with Gasteiger partial charge in [-0.05, 0) is 24.0 Å². The van der Waals surface area contributed by atoms with Gasteiger partial charge in [0, 0.05) is 13.0 Å². The molecule has 1 aromatic rings. The predicted octanol–water partition coefficient (Wildman–Crippen LogP) is 3.02. The predicted molar refractivity (Wildman–Crippen MR) is 63.6 cm³/mol. The number of ketones is 1. The second-order valence-corrected chi connectivity index (χ2v) is 4.82. The number of carbonyl (C=O) groups is 1. The molecule has 2 atom stereocenters. The van der Waals surface area contributed by atoms with Crippen LogP contribution in [0.25, 0.3) is 0 Å². The molecule has 1 aliphatic heterocycles. The molecule has 92 valence electrons. The van der Waals surface area contributed by atoms with E-state index >= 15 is 0 Å². The lowest BCUT2D eigenvalue weighted by Gasteiger charge is -2.13. The molecule has 0 radical (unpaired) electrons. The minimum atomic E-state index is -0.506. The normalized spacial score (nSPS) is 23.9. The van der Waals surface area contributed by atoms with Gasteiger partial charge in [-0.1, -0.05) is 30.7 Å². The molecule has 0 aliphatic carbocycles. The van der Waals surface area contributed by atoms with Crippen LogP contribution in [0.3, 0.4) is 0 Å². The zero-order chi connectivity index (χ0) is 12.4. The minimum Gasteiger partial charge on any atom is -0.370 e. The Kier molecular flexibility index (Phi) is 3.79. The molecule has 0 aromatic heterocycles. The summed E-state index contributed by atoms with van der Waals surface area (Å²) in [6.45, 7) is 2.58. The van der Waals surface area contributed by atoms with Crippen molar-refractivity contribution in [3.63, 3.8) is 0 Å². The lowest BCUT2D eigenvalue weighted by molar-refractivity contribution is -0.128. The zero-order valence-corrected chi connectivity index (χ0v) is 10.3. The van der Waals surface area contributed by atoms with Crippen molar-refractivity contribution in [1.82, 2.24) is 0 Å². The van der Waals surface area contributed by atoms with E-state index in [-0.39, 0.29) is 23.1 Å². The first-order chi connectivity index (χ1) is 8.09. The largest absolute Gasteiger partial charge is 0.370 e. The Hall–Kier alpha value is -0.930. The lowest BCUT2D eigenvalue weighted by Crippen LogP contribution is -2.27. The highest BCUT2D eigenvalue weighted by molar-refractivity contribution is 6.30. The molecule has 0 bridgehead atoms. The fourth-order valence-electron chi connectivity index (χ4n) is 2.08. The van der Waals surface area contributed by atoms with Gasteiger partial charge in [0.15, 0.2) is 5.78 Å². The van der Waals surface area contributed by atoms with E-state index < -0.39 is 11.9 Å². The quantitative estimate of drug-likeness (QED) is 0.831. The van der Waals surface area contributed by atoms with E-state index in [1.54, 1.807) is 12.1 Å². The van der Waals surface area contributed by atoms with E-state index in [1.807, 2.05) is 6.92 Å². The number of hydrogen-bond acceptors (Lipinski definition) is 2. The summed E-state index contributed by atoms with van der Waals surface area (Å²) in [6, 6.07) is 4.70. The van der Waals surface area contributed by atoms with Crippen molar-refractivity contribution >= 4 is 17.4 Å². The van der Waals surface area contributed by atoms with Gasteiger partial charge in [-0.25, -0.2) is 4.39 Å². The van der Waals surface area contributed by atoms with Crippen LogP contribution in [0.5, 0.6) is 0 Å². The highest BCUT2D eigenvalue weighted by Crippen LogP contribution is 2.24. The second kappa shape index (κ2) is 5.15. The van der Waals surface area contributed by atoms with Crippen LogP contribution in [0.4, 0.5) is 4.39 Å². The third-order valence-corrected chi connectivity index (χ3v) is 3.39. The smallest absolute Gasteiger partial charge is 0.166 e. The highest BCUT2D eigenvalue weighted by atomic mass is 35.5. The molecule has 2 unspecified atom stereocenters. The fraction of sp³-hybridized carbons (Fsp3) is 0.462. The summed E-state index contributed by atoms with van der Waals surface area (Å²) in [4.78, 5) is 12.0. The van der Waals surface area contributed by atoms with Crippen molar-refractivity contribution < 1.29 is 13.9 Å². The van der Waals surface area contributed by atoms with Gasteiger partial charge in [0.05, 0.1) is 5.02 Å². The summed E-state index contributed by atoms with van der Waals surface area (Å²) in [6.07, 6.45) is 0.531. The molecule has 0 saturated carbocycles. The van der Waals surface area contributed by atoms with E-state index in [9.17, 15) is 9.18 Å². The molecule has 0 N–H and O–H groups in total. The van der Waals surface area contributed by atoms with E-state index in [2.05, 4.69) is 0 Å². The van der Waals surface area contributed by atoms with Gasteiger partial charge in [0.1, 0.15) is 11.9 Å². The summed E-state index contributed by atoms with van der Waals surface area (Å²) >= 11 is 5.67. The average Bonchev–Trinajstić information content (AvgIpc) is 2.71. The molecule has 0 amide bonds. The summed E-state index contributed by atoms with van der Waals surface area (Å²) in [5.74, 6) is -0.367. The van der Waals surface area contributed by atoms with Gasteiger partial charge in [-0.15, -0.1) is 0 Å². The standard InChI is InChI=1S/C13H14ClFO2/c1-8-5-6-17-13(8)11(16)7-9-3-2-4-10(14)12(9)15/h2-4,8,13H,5-7H2,1H3. The van der Waals surface area contributed by atoms with Crippen LogP contribution in [-0.2, 0) is 16.0 Å². The van der Waals surface area contributed by atoms with Crippen molar-refractivity contribution in [1.29, 1.82) is 0 Å². The first kappa shape index (κ1) is 12.5. The van der Waals surface area contributed by atoms with E-state index in [1.165, 1.54) is 6.07 Å². The van der Waals surface area contributed by atoms with Gasteiger partial charge in [0.25, 0.3) is 0 Å². The maximum Gasteiger partial charge on any atom is 0.166 e. The molecular formula is C13H14ClFO2. The van der Waals surface area contributed by atoms with Crippen molar-refractivity contribution in [3.8, 4) is 0 Å². The molecule has 0 spiro atoms. The molecule has 4 heteroatoms. The summed E-state index contributed by atoms with van der Waals surface area (Å²) in [5.41, 5.74) is 0.338. The third-order valence-electron chi connectivity index (χ3n) is 3.10. The maximum absolute atomic E-state index is 13.6. The molecule has 1 saturated heterocycles. The Morgan fingerprint density at radius 2 is 2.35 bits per heavy atom. The van der Waals surface area contributed by atoms with Crippen LogP contribution >= 0.6 is 11.6 Å². The molecule has 1 fully saturated rings. The van der Waals surface area contributed by atoms with Crippen molar-refractivity contribution in [2.24, 2.45) is 5.92 Å². The number of rotatable bonds is 3. The summed E-state index contributed by atoms with van der Waals surface area (Å²) in [5, 5.41) is 0.0516. The van der Waals surface area contributed by atoms with E-state index in [4.69, 9.17) is 16.3 Å². The number of Topliss-reactive ketones (excluding diaryl/α,β-unsaturated/α-hetero) is 1. The van der Waals surface area contributed by atoms with Gasteiger partial charge >= 0.3 is 0 Å². The number of halogens is 2. The Balaban J connectivity index is 2.10. The van der Waals surface area contributed by atoms with Crippen molar-refractivity contribution in [3.05, 3.63) is 34.6 Å². The van der Waals surface area contributed by atoms with Gasteiger partial charge < -0.3 is 4.74 Å². The Bertz CT molecular complexity index is 433. The van der Waals surface area contributed by atoms with E-state index in [0.717, 1.165) is 6.42 Å². The van der Waals surface area contributed by atoms with Crippen molar-refractivity contribution in [2.75, 3.05) is 6.61 Å². The van der Waals surface area contributed by atoms with Crippen LogP contribution < -0.4 is 0 Å². The lowest BCUT2D eigenvalue weighted by atomic mass is 9.96. The molecule has 17 heavy (non-hydrogen) atoms. The summed E-state index contributed by atoms with van der Waals surface area (Å²) < 4.78 is 19.0. The maximum atomic E-state index is 13.6. The highest BCUT2D eigenvalue weighted by Gasteiger charge is 2.30. The number of carbonyl (C=O) groups excluding carboxylic acids is 1. The van der Waals surface area contributed by atoms with Crippen LogP contribution in [-0.4, -0.2) is 18.5 Å².